The van der Waals surface area contributed by atoms with Gasteiger partial charge in [0.1, 0.15) is 28.9 Å². The van der Waals surface area contributed by atoms with Gasteiger partial charge in [-0.2, -0.15) is 0 Å². The number of carbonyl (C=O) groups excluding carboxylic acids is 1. The maximum absolute atomic E-state index is 15.1. The molecular weight excluding hydrogens is 503 g/mol. The molecule has 2 unspecified atom stereocenters. The van der Waals surface area contributed by atoms with Crippen molar-refractivity contribution in [2.24, 2.45) is 4.99 Å². The van der Waals surface area contributed by atoms with E-state index in [1.165, 1.54) is 25.3 Å². The first-order chi connectivity index (χ1) is 16.6. The summed E-state index contributed by atoms with van der Waals surface area (Å²) in [5.41, 5.74) is -2.97. The highest BCUT2D eigenvalue weighted by Gasteiger charge is 2.61. The smallest absolute Gasteiger partial charge is 0.419 e. The first kappa shape index (κ1) is 28.2. The van der Waals surface area contributed by atoms with Gasteiger partial charge in [-0.1, -0.05) is 18.2 Å². The van der Waals surface area contributed by atoms with Crippen molar-refractivity contribution in [3.8, 4) is 0 Å². The molecule has 202 valence electrons. The summed E-state index contributed by atoms with van der Waals surface area (Å²) < 4.78 is 87.9. The Morgan fingerprint density at radius 3 is 2.50 bits per heavy atom. The van der Waals surface area contributed by atoms with Crippen molar-refractivity contribution < 1.29 is 40.6 Å². The third-order valence-corrected chi connectivity index (χ3v) is 8.26. The Bertz CT molecular complexity index is 1110. The Hall–Kier alpha value is -2.38. The maximum Gasteiger partial charge on any atom is 0.419 e. The number of sulfonamides is 1. The largest absolute Gasteiger partial charge is 0.443 e. The Morgan fingerprint density at radius 2 is 1.89 bits per heavy atom. The summed E-state index contributed by atoms with van der Waals surface area (Å²) in [5, 5.41) is -1.76. The molecule has 13 heteroatoms. The number of alkyl halides is 2. The summed E-state index contributed by atoms with van der Waals surface area (Å²) in [6, 6.07) is 5.34. The summed E-state index contributed by atoms with van der Waals surface area (Å²) in [6.07, 6.45) is -3.16. The normalized spacial score (nSPS) is 25.1. The molecule has 1 aliphatic carbocycles. The number of aliphatic imine (C=N–C) groups is 1. The van der Waals surface area contributed by atoms with Crippen LogP contribution in [0.3, 0.4) is 0 Å². The van der Waals surface area contributed by atoms with Crippen molar-refractivity contribution in [1.82, 2.24) is 9.21 Å². The first-order valence-electron chi connectivity index (χ1n) is 11.4. The van der Waals surface area contributed by atoms with Gasteiger partial charge in [-0.25, -0.2) is 40.6 Å². The second-order valence-corrected chi connectivity index (χ2v) is 12.0. The van der Waals surface area contributed by atoms with Gasteiger partial charge in [0, 0.05) is 32.6 Å². The van der Waals surface area contributed by atoms with Gasteiger partial charge in [0.15, 0.2) is 0 Å². The molecule has 0 N–H and O–H groups in total. The molecule has 1 aliphatic heterocycles. The third kappa shape index (κ3) is 5.62. The van der Waals surface area contributed by atoms with E-state index in [0.717, 1.165) is 18.0 Å². The van der Waals surface area contributed by atoms with Crippen LogP contribution in [0.5, 0.6) is 0 Å². The van der Waals surface area contributed by atoms with Crippen LogP contribution in [0.15, 0.2) is 29.3 Å². The number of benzene rings is 1. The predicted octanol–water partition coefficient (Wildman–Crippen LogP) is 3.70. The molecule has 0 radical (unpaired) electrons. The van der Waals surface area contributed by atoms with Gasteiger partial charge >= 0.3 is 6.09 Å². The molecule has 1 aromatic carbocycles. The zero-order valence-electron chi connectivity index (χ0n) is 21.0. The molecule has 0 spiro atoms. The van der Waals surface area contributed by atoms with Gasteiger partial charge in [0.05, 0.1) is 13.2 Å². The highest BCUT2D eigenvalue weighted by Crippen LogP contribution is 2.52. The number of hydrogen-bond acceptors (Lipinski definition) is 7. The fourth-order valence-corrected chi connectivity index (χ4v) is 6.32. The van der Waals surface area contributed by atoms with E-state index in [2.05, 4.69) is 4.99 Å². The molecule has 0 bridgehead atoms. The highest BCUT2D eigenvalue weighted by molar-refractivity contribution is 7.90. The second-order valence-electron chi connectivity index (χ2n) is 9.82. The second kappa shape index (κ2) is 10.2. The monoisotopic (exact) mass is 535 g/mol. The molecule has 0 aromatic heterocycles. The van der Waals surface area contributed by atoms with E-state index in [0.29, 0.717) is 4.31 Å². The minimum atomic E-state index is -4.54. The van der Waals surface area contributed by atoms with Gasteiger partial charge in [0.2, 0.25) is 21.9 Å². The van der Waals surface area contributed by atoms with E-state index < -0.39 is 76.2 Å². The summed E-state index contributed by atoms with van der Waals surface area (Å²) in [4.78, 5) is 18.6. The van der Waals surface area contributed by atoms with E-state index in [1.807, 2.05) is 0 Å². The number of hydrogen-bond donors (Lipinski definition) is 0. The molecule has 2 aliphatic rings. The van der Waals surface area contributed by atoms with Crippen LogP contribution in [0, 0.1) is 5.82 Å². The number of amides is 1. The lowest BCUT2D eigenvalue weighted by atomic mass is 9.75. The Balaban J connectivity index is 2.21. The molecule has 1 aromatic rings. The van der Waals surface area contributed by atoms with Gasteiger partial charge in [-0.15, -0.1) is 0 Å². The Labute approximate surface area is 209 Å². The number of ether oxygens (including phenoxy) is 3. The van der Waals surface area contributed by atoms with Crippen LogP contribution < -0.4 is 0 Å². The lowest BCUT2D eigenvalue weighted by Crippen LogP contribution is -2.63. The number of rotatable bonds is 6. The molecule has 2 atom stereocenters. The van der Waals surface area contributed by atoms with E-state index in [9.17, 15) is 22.0 Å². The molecule has 1 fully saturated rings. The Kier molecular flexibility index (Phi) is 7.97. The standard InChI is InChI=1S/C23H32F3N3O6S/c1-21(2,3)35-20(30)29(15-34-13-12-33-5)19-27-23(16-8-6-7-9-17(16)24)11-10-22(25,26)14-18(23)36(31,32)28(19)4/h6-9,18H,10-15H2,1-5H3. The average Bonchev–Trinajstić information content (AvgIpc) is 2.77. The fourth-order valence-electron chi connectivity index (χ4n) is 4.33. The van der Waals surface area contributed by atoms with Crippen LogP contribution in [-0.2, 0) is 29.8 Å². The van der Waals surface area contributed by atoms with E-state index >= 15 is 4.39 Å². The first-order valence-corrected chi connectivity index (χ1v) is 12.9. The SMILES string of the molecule is COCCOCN(C(=O)OC(C)(C)C)C1=NC2(c3ccccc3F)CCC(F)(F)CC2S(=O)(=O)N1C. The molecule has 9 nitrogen and oxygen atoms in total. The zero-order valence-corrected chi connectivity index (χ0v) is 21.8. The number of guanidine groups is 1. The van der Waals surface area contributed by atoms with Gasteiger partial charge in [0.25, 0.3) is 0 Å². The number of nitrogens with zero attached hydrogens (tertiary/aromatic N) is 3. The van der Waals surface area contributed by atoms with Gasteiger partial charge < -0.3 is 14.2 Å². The predicted molar refractivity (Wildman–Crippen MR) is 126 cm³/mol. The summed E-state index contributed by atoms with van der Waals surface area (Å²) in [7, 11) is -1.97. The Morgan fingerprint density at radius 1 is 1.22 bits per heavy atom. The lowest BCUT2D eigenvalue weighted by molar-refractivity contribution is -0.0515. The van der Waals surface area contributed by atoms with E-state index in [4.69, 9.17) is 14.2 Å². The molecule has 1 amide bonds. The van der Waals surface area contributed by atoms with Crippen molar-refractivity contribution in [2.75, 3.05) is 34.1 Å². The third-order valence-electron chi connectivity index (χ3n) is 6.06. The van der Waals surface area contributed by atoms with Crippen molar-refractivity contribution in [2.45, 2.75) is 62.3 Å². The van der Waals surface area contributed by atoms with Crippen LogP contribution in [0.4, 0.5) is 18.0 Å². The van der Waals surface area contributed by atoms with Crippen LogP contribution in [0.2, 0.25) is 0 Å². The van der Waals surface area contributed by atoms with Crippen molar-refractivity contribution in [3.05, 3.63) is 35.6 Å². The lowest BCUT2D eigenvalue weighted by Gasteiger charge is -2.49. The summed E-state index contributed by atoms with van der Waals surface area (Å²) in [5.74, 6) is -4.48. The van der Waals surface area contributed by atoms with Crippen molar-refractivity contribution in [1.29, 1.82) is 0 Å². The fraction of sp³-hybridized carbons (Fsp3) is 0.652. The van der Waals surface area contributed by atoms with Crippen LogP contribution in [0.25, 0.3) is 0 Å². The van der Waals surface area contributed by atoms with Gasteiger partial charge in [-0.3, -0.25) is 0 Å². The molecule has 36 heavy (non-hydrogen) atoms. The average molecular weight is 536 g/mol. The highest BCUT2D eigenvalue weighted by atomic mass is 32.2. The van der Waals surface area contributed by atoms with Crippen molar-refractivity contribution >= 4 is 22.1 Å². The van der Waals surface area contributed by atoms with E-state index in [-0.39, 0.29) is 18.8 Å². The van der Waals surface area contributed by atoms with Crippen LogP contribution in [-0.4, -0.2) is 80.6 Å². The number of methoxy groups -OCH3 is 1. The molecule has 1 heterocycles. The zero-order chi connectivity index (χ0) is 26.9. The topological polar surface area (TPSA) is 97.7 Å². The quantitative estimate of drug-likeness (QED) is 0.407. The molecular formula is C23H32F3N3O6S. The molecule has 0 saturated heterocycles. The minimum absolute atomic E-state index is 0.0623. The maximum atomic E-state index is 15.1. The number of carbonyl (C=O) groups is 1. The summed E-state index contributed by atoms with van der Waals surface area (Å²) in [6.45, 7) is 4.66. The van der Waals surface area contributed by atoms with Gasteiger partial charge in [-0.05, 0) is 33.3 Å². The van der Waals surface area contributed by atoms with E-state index in [1.54, 1.807) is 20.8 Å². The van der Waals surface area contributed by atoms with Crippen molar-refractivity contribution in [3.63, 3.8) is 0 Å². The molecule has 3 rings (SSSR count). The number of halogens is 3. The minimum Gasteiger partial charge on any atom is -0.443 e. The van der Waals surface area contributed by atoms with Crippen LogP contribution >= 0.6 is 0 Å². The number of fused-ring (bicyclic) bond motifs is 1. The molecule has 1 saturated carbocycles. The van der Waals surface area contributed by atoms with Crippen LogP contribution in [0.1, 0.15) is 45.6 Å². The summed E-state index contributed by atoms with van der Waals surface area (Å²) >= 11 is 0.